The van der Waals surface area contributed by atoms with Gasteiger partial charge in [0, 0.05) is 42.1 Å². The van der Waals surface area contributed by atoms with E-state index in [1.807, 2.05) is 19.1 Å². The summed E-state index contributed by atoms with van der Waals surface area (Å²) in [5, 5.41) is 6.95. The van der Waals surface area contributed by atoms with Crippen molar-refractivity contribution in [3.05, 3.63) is 54.1 Å². The number of likely N-dealkylation sites (tertiary alicyclic amines) is 1. The van der Waals surface area contributed by atoms with Crippen LogP contribution in [-0.2, 0) is 6.18 Å². The molecule has 1 saturated heterocycles. The van der Waals surface area contributed by atoms with Gasteiger partial charge in [-0.2, -0.15) is 13.2 Å². The van der Waals surface area contributed by atoms with Gasteiger partial charge in [-0.25, -0.2) is 19.9 Å². The van der Waals surface area contributed by atoms with Crippen LogP contribution in [0.2, 0.25) is 0 Å². The second-order valence-electron chi connectivity index (χ2n) is 9.05. The van der Waals surface area contributed by atoms with E-state index in [-0.39, 0.29) is 23.1 Å². The summed E-state index contributed by atoms with van der Waals surface area (Å²) in [6.45, 7) is 4.00. The summed E-state index contributed by atoms with van der Waals surface area (Å²) in [4.78, 5) is 22.3. The van der Waals surface area contributed by atoms with Gasteiger partial charge in [0.15, 0.2) is 0 Å². The Morgan fingerprint density at radius 2 is 2.00 bits per heavy atom. The Hall–Kier alpha value is -3.93. The zero-order valence-corrected chi connectivity index (χ0v) is 19.8. The maximum absolute atomic E-state index is 13.2. The number of pyridine rings is 2. The highest BCUT2D eigenvalue weighted by atomic mass is 19.4. The van der Waals surface area contributed by atoms with E-state index in [2.05, 4.69) is 47.5 Å². The molecule has 0 radical (unpaired) electrons. The van der Waals surface area contributed by atoms with Crippen molar-refractivity contribution in [3.8, 4) is 11.3 Å². The predicted octanol–water partition coefficient (Wildman–Crippen LogP) is 4.31. The number of nitrogen functional groups attached to an aromatic ring is 1. The summed E-state index contributed by atoms with van der Waals surface area (Å²) < 4.78 is 39.7. The molecule has 0 amide bonds. The molecule has 0 spiro atoms. The second kappa shape index (κ2) is 9.26. The minimum atomic E-state index is -4.51. The highest BCUT2D eigenvalue weighted by Gasteiger charge is 2.31. The summed E-state index contributed by atoms with van der Waals surface area (Å²) in [5.41, 5.74) is 7.45. The number of likely N-dealkylation sites (N-methyl/N-ethyl adjacent to an activating group) is 1. The normalized spacial score (nSPS) is 17.4. The lowest BCUT2D eigenvalue weighted by Gasteiger charge is -2.17. The first-order valence-electron chi connectivity index (χ1n) is 11.5. The van der Waals surface area contributed by atoms with Gasteiger partial charge in [0.25, 0.3) is 0 Å². The molecular weight excluding hydrogens is 471 g/mol. The molecule has 4 aromatic heterocycles. The van der Waals surface area contributed by atoms with Crippen LogP contribution in [0.5, 0.6) is 0 Å². The number of nitrogens with two attached hydrogens (primary N) is 1. The highest BCUT2D eigenvalue weighted by Crippen LogP contribution is 2.35. The maximum atomic E-state index is 13.2. The first-order chi connectivity index (χ1) is 17.2. The predicted molar refractivity (Wildman–Crippen MR) is 132 cm³/mol. The van der Waals surface area contributed by atoms with Crippen molar-refractivity contribution in [2.75, 3.05) is 36.5 Å². The highest BCUT2D eigenvalue weighted by molar-refractivity contribution is 5.95. The van der Waals surface area contributed by atoms with Gasteiger partial charge in [-0.1, -0.05) is 6.07 Å². The molecule has 12 heteroatoms. The molecule has 1 fully saturated rings. The van der Waals surface area contributed by atoms with Crippen LogP contribution in [0.25, 0.3) is 22.3 Å². The Kier molecular flexibility index (Phi) is 6.12. The fourth-order valence-corrected chi connectivity index (χ4v) is 4.32. The van der Waals surface area contributed by atoms with E-state index in [4.69, 9.17) is 5.73 Å². The number of hydrogen-bond donors (Lipinski definition) is 4. The molecule has 1 aliphatic heterocycles. The summed E-state index contributed by atoms with van der Waals surface area (Å²) >= 11 is 0. The largest absolute Gasteiger partial charge is 0.417 e. The third-order valence-electron chi connectivity index (χ3n) is 6.31. The quantitative estimate of drug-likeness (QED) is 0.311. The molecule has 9 nitrogen and oxygen atoms in total. The fraction of sp³-hybridized carbons (Fsp3) is 0.333. The fourth-order valence-electron chi connectivity index (χ4n) is 4.32. The van der Waals surface area contributed by atoms with Gasteiger partial charge in [-0.15, -0.1) is 0 Å². The molecule has 2 atom stereocenters. The van der Waals surface area contributed by atoms with E-state index in [1.54, 1.807) is 12.4 Å². The van der Waals surface area contributed by atoms with Crippen LogP contribution >= 0.6 is 0 Å². The lowest BCUT2D eigenvalue weighted by Crippen LogP contribution is -2.24. The van der Waals surface area contributed by atoms with Crippen molar-refractivity contribution in [2.24, 2.45) is 0 Å². The summed E-state index contributed by atoms with van der Waals surface area (Å²) in [6.07, 6.45) is 2.13. The van der Waals surface area contributed by atoms with Gasteiger partial charge >= 0.3 is 6.18 Å². The van der Waals surface area contributed by atoms with Gasteiger partial charge in [0.05, 0.1) is 23.5 Å². The van der Waals surface area contributed by atoms with E-state index in [0.717, 1.165) is 43.2 Å². The summed E-state index contributed by atoms with van der Waals surface area (Å²) in [7, 11) is 2.10. The molecule has 5 N–H and O–H groups in total. The number of halogens is 3. The Balaban J connectivity index is 1.35. The molecule has 5 heterocycles. The number of aromatic nitrogens is 5. The average Bonchev–Trinajstić information content (AvgIpc) is 3.45. The third kappa shape index (κ3) is 4.89. The molecule has 5 rings (SSSR count). The van der Waals surface area contributed by atoms with Crippen molar-refractivity contribution >= 4 is 28.5 Å². The van der Waals surface area contributed by atoms with Gasteiger partial charge in [-0.3, -0.25) is 0 Å². The van der Waals surface area contributed by atoms with Crippen LogP contribution in [-0.4, -0.2) is 56.0 Å². The number of rotatable bonds is 6. The molecule has 0 saturated carbocycles. The van der Waals surface area contributed by atoms with Crippen LogP contribution in [0, 0.1) is 0 Å². The van der Waals surface area contributed by atoms with Crippen LogP contribution < -0.4 is 16.4 Å². The number of aromatic amines is 1. The summed E-state index contributed by atoms with van der Waals surface area (Å²) in [5.74, 6) is 1.11. The maximum Gasteiger partial charge on any atom is 0.417 e. The number of H-pyrrole nitrogens is 1. The number of fused-ring (bicyclic) bond motifs is 1. The standard InChI is InChI=1S/C24H26F3N9/c1-13(14-3-4-20(29-8-14)34-16-5-6-36(2)12-16)33-23-32-11-19(28)21(35-23)18-10-31-22-17(18)7-15(9-30-22)24(25,26)27/h3-4,7-11,13,16H,5-6,12,28H2,1-2H3,(H,29,34)(H,30,31)(H,32,33,35)/t13?,16-/m0/s1. The Morgan fingerprint density at radius 1 is 1.17 bits per heavy atom. The van der Waals surface area contributed by atoms with E-state index >= 15 is 0 Å². The number of nitrogens with zero attached hydrogens (tertiary/aromatic N) is 5. The van der Waals surface area contributed by atoms with Crippen molar-refractivity contribution in [3.63, 3.8) is 0 Å². The molecule has 0 aliphatic carbocycles. The van der Waals surface area contributed by atoms with Crippen LogP contribution in [0.4, 0.5) is 30.6 Å². The van der Waals surface area contributed by atoms with Crippen LogP contribution in [0.3, 0.4) is 0 Å². The monoisotopic (exact) mass is 497 g/mol. The molecular formula is C24H26F3N9. The number of alkyl halides is 3. The first kappa shape index (κ1) is 23.8. The second-order valence-corrected chi connectivity index (χ2v) is 9.05. The van der Waals surface area contributed by atoms with Gasteiger partial charge in [0.1, 0.15) is 17.2 Å². The number of anilines is 3. The SMILES string of the molecule is CC(Nc1ncc(N)c(-c2c[nH]c3ncc(C(F)(F)F)cc23)n1)c1ccc(N[C@H]2CCN(C)C2)nc1. The van der Waals surface area contributed by atoms with Gasteiger partial charge in [-0.05, 0) is 44.6 Å². The molecule has 4 aromatic rings. The van der Waals surface area contributed by atoms with E-state index in [9.17, 15) is 13.2 Å². The third-order valence-corrected chi connectivity index (χ3v) is 6.31. The number of nitrogens with one attached hydrogen (secondary N) is 3. The van der Waals surface area contributed by atoms with Crippen molar-refractivity contribution in [1.82, 2.24) is 29.8 Å². The molecule has 1 aliphatic rings. The molecule has 36 heavy (non-hydrogen) atoms. The zero-order chi connectivity index (χ0) is 25.4. The lowest BCUT2D eigenvalue weighted by molar-refractivity contribution is -0.137. The lowest BCUT2D eigenvalue weighted by atomic mass is 10.1. The minimum Gasteiger partial charge on any atom is -0.396 e. The Bertz CT molecular complexity index is 1370. The average molecular weight is 498 g/mol. The van der Waals surface area contributed by atoms with Crippen molar-refractivity contribution < 1.29 is 13.2 Å². The van der Waals surface area contributed by atoms with E-state index in [0.29, 0.717) is 22.9 Å². The van der Waals surface area contributed by atoms with Crippen molar-refractivity contribution in [1.29, 1.82) is 0 Å². The van der Waals surface area contributed by atoms with Crippen LogP contribution in [0.15, 0.2) is 43.0 Å². The summed E-state index contributed by atoms with van der Waals surface area (Å²) in [6, 6.07) is 5.17. The number of hydrogen-bond acceptors (Lipinski definition) is 8. The van der Waals surface area contributed by atoms with Crippen LogP contribution in [0.1, 0.15) is 30.5 Å². The Morgan fingerprint density at radius 3 is 2.69 bits per heavy atom. The minimum absolute atomic E-state index is 0.179. The smallest absolute Gasteiger partial charge is 0.396 e. The van der Waals surface area contributed by atoms with Crippen molar-refractivity contribution in [2.45, 2.75) is 31.6 Å². The van der Waals surface area contributed by atoms with E-state index < -0.39 is 11.7 Å². The molecule has 188 valence electrons. The Labute approximate surface area is 205 Å². The first-order valence-corrected chi connectivity index (χ1v) is 11.5. The van der Waals surface area contributed by atoms with E-state index in [1.165, 1.54) is 6.20 Å². The molecule has 1 unspecified atom stereocenters. The molecule has 0 aromatic carbocycles. The van der Waals surface area contributed by atoms with Gasteiger partial charge in [0.2, 0.25) is 5.95 Å². The molecule has 0 bridgehead atoms. The zero-order valence-electron chi connectivity index (χ0n) is 19.8. The topological polar surface area (TPSA) is 121 Å². The van der Waals surface area contributed by atoms with Gasteiger partial charge < -0.3 is 26.3 Å².